The van der Waals surface area contributed by atoms with Gasteiger partial charge in [0, 0.05) is 19.1 Å². The third-order valence-corrected chi connectivity index (χ3v) is 3.80. The molecule has 0 aliphatic carbocycles. The van der Waals surface area contributed by atoms with Crippen LogP contribution in [0.1, 0.15) is 44.8 Å². The van der Waals surface area contributed by atoms with Crippen LogP contribution in [0, 0.1) is 0 Å². The molecule has 1 aliphatic rings. The van der Waals surface area contributed by atoms with Crippen LogP contribution in [0.2, 0.25) is 0 Å². The topological polar surface area (TPSA) is 44.8 Å². The number of hydrogen-bond donors (Lipinski definition) is 0. The number of ether oxygens (including phenoxy) is 3. The van der Waals surface area contributed by atoms with E-state index in [0.717, 1.165) is 31.4 Å². The van der Waals surface area contributed by atoms with Crippen LogP contribution in [0.15, 0.2) is 16.8 Å². The Labute approximate surface area is 117 Å². The lowest BCUT2D eigenvalue weighted by molar-refractivity contribution is -0.209. The molecule has 0 N–H and O–H groups in total. The van der Waals surface area contributed by atoms with Gasteiger partial charge < -0.3 is 14.2 Å². The Balaban J connectivity index is 1.98. The van der Waals surface area contributed by atoms with Gasteiger partial charge in [-0.3, -0.25) is 4.79 Å². The molecule has 0 spiro atoms. The monoisotopic (exact) mass is 284 g/mol. The van der Waals surface area contributed by atoms with E-state index < -0.39 is 0 Å². The maximum absolute atomic E-state index is 11.2. The van der Waals surface area contributed by atoms with E-state index in [-0.39, 0.29) is 24.5 Å². The fourth-order valence-corrected chi connectivity index (χ4v) is 2.86. The van der Waals surface area contributed by atoms with Gasteiger partial charge >= 0.3 is 5.97 Å². The first kappa shape index (κ1) is 14.5. The summed E-state index contributed by atoms with van der Waals surface area (Å²) in [6.45, 7) is 4.08. The molecule has 5 heteroatoms. The largest absolute Gasteiger partial charge is 0.455 e. The molecule has 3 unspecified atom stereocenters. The second-order valence-corrected chi connectivity index (χ2v) is 5.50. The number of carbonyl (C=O) groups excluding carboxylic acids is 1. The minimum atomic E-state index is -0.366. The van der Waals surface area contributed by atoms with Gasteiger partial charge in [0.25, 0.3) is 0 Å². The Morgan fingerprint density at radius 1 is 1.53 bits per heavy atom. The predicted octanol–water partition coefficient (Wildman–Crippen LogP) is 3.28. The molecule has 3 atom stereocenters. The minimum absolute atomic E-state index is 0.180. The number of esters is 1. The highest BCUT2D eigenvalue weighted by Crippen LogP contribution is 2.28. The zero-order chi connectivity index (χ0) is 13.7. The molecule has 0 radical (unpaired) electrons. The van der Waals surface area contributed by atoms with Crippen molar-refractivity contribution in [3.8, 4) is 0 Å². The molecular formula is C14H20O4S. The van der Waals surface area contributed by atoms with E-state index in [0.29, 0.717) is 0 Å². The molecule has 0 bridgehead atoms. The van der Waals surface area contributed by atoms with Crippen molar-refractivity contribution in [3.63, 3.8) is 0 Å². The second-order valence-electron chi connectivity index (χ2n) is 4.72. The van der Waals surface area contributed by atoms with E-state index in [9.17, 15) is 4.79 Å². The van der Waals surface area contributed by atoms with Crippen LogP contribution >= 0.6 is 11.3 Å². The Morgan fingerprint density at radius 2 is 2.37 bits per heavy atom. The van der Waals surface area contributed by atoms with Crippen molar-refractivity contribution >= 4 is 17.3 Å². The van der Waals surface area contributed by atoms with Gasteiger partial charge in [-0.05, 0) is 43.0 Å². The fourth-order valence-electron chi connectivity index (χ4n) is 2.18. The normalized spacial score (nSPS) is 22.7. The molecule has 1 aromatic rings. The molecule has 0 amide bonds. The molecule has 106 valence electrons. The van der Waals surface area contributed by atoms with E-state index in [1.165, 1.54) is 6.92 Å². The molecular weight excluding hydrogens is 264 g/mol. The summed E-state index contributed by atoms with van der Waals surface area (Å²) >= 11 is 1.58. The van der Waals surface area contributed by atoms with E-state index in [1.807, 2.05) is 23.8 Å². The summed E-state index contributed by atoms with van der Waals surface area (Å²) in [5.41, 5.74) is 0.975. The summed E-state index contributed by atoms with van der Waals surface area (Å²) in [6, 6.07) is 1.96. The first-order chi connectivity index (χ1) is 9.16. The zero-order valence-electron chi connectivity index (χ0n) is 11.3. The van der Waals surface area contributed by atoms with Crippen LogP contribution in [0.3, 0.4) is 0 Å². The smallest absolute Gasteiger partial charge is 0.303 e. The van der Waals surface area contributed by atoms with Crippen molar-refractivity contribution in [1.82, 2.24) is 0 Å². The highest BCUT2D eigenvalue weighted by molar-refractivity contribution is 7.07. The van der Waals surface area contributed by atoms with Crippen LogP contribution in [0.25, 0.3) is 0 Å². The first-order valence-electron chi connectivity index (χ1n) is 6.63. The maximum Gasteiger partial charge on any atom is 0.303 e. The minimum Gasteiger partial charge on any atom is -0.455 e. The molecule has 1 saturated heterocycles. The standard InChI is InChI=1S/C14H20O4S/c1-10(17-13-5-3-4-7-16-13)14(18-11(2)15)12-6-8-19-9-12/h6,8-10,13-14H,3-5,7H2,1-2H3. The van der Waals surface area contributed by atoms with E-state index >= 15 is 0 Å². The molecule has 0 aromatic carbocycles. The molecule has 2 heterocycles. The van der Waals surface area contributed by atoms with Crippen molar-refractivity contribution in [2.75, 3.05) is 6.61 Å². The fraction of sp³-hybridized carbons (Fsp3) is 0.643. The lowest BCUT2D eigenvalue weighted by Gasteiger charge is -2.29. The van der Waals surface area contributed by atoms with Gasteiger partial charge in [-0.2, -0.15) is 11.3 Å². The van der Waals surface area contributed by atoms with Gasteiger partial charge in [-0.25, -0.2) is 0 Å². The third kappa shape index (κ3) is 4.30. The summed E-state index contributed by atoms with van der Waals surface area (Å²) in [5.74, 6) is -0.295. The SMILES string of the molecule is CC(=O)OC(c1ccsc1)C(C)OC1CCCCO1. The summed E-state index contributed by atoms with van der Waals surface area (Å²) in [7, 11) is 0. The van der Waals surface area contributed by atoms with Crippen LogP contribution in [-0.2, 0) is 19.0 Å². The number of hydrogen-bond acceptors (Lipinski definition) is 5. The lowest BCUT2D eigenvalue weighted by Crippen LogP contribution is -2.31. The van der Waals surface area contributed by atoms with Crippen molar-refractivity contribution in [3.05, 3.63) is 22.4 Å². The predicted molar refractivity (Wildman–Crippen MR) is 73.0 cm³/mol. The number of rotatable bonds is 5. The quantitative estimate of drug-likeness (QED) is 0.778. The highest BCUT2D eigenvalue weighted by atomic mass is 32.1. The molecule has 2 rings (SSSR count). The molecule has 4 nitrogen and oxygen atoms in total. The van der Waals surface area contributed by atoms with Gasteiger partial charge in [0.15, 0.2) is 12.4 Å². The van der Waals surface area contributed by atoms with Crippen molar-refractivity contribution in [1.29, 1.82) is 0 Å². The van der Waals surface area contributed by atoms with E-state index in [1.54, 1.807) is 11.3 Å². The van der Waals surface area contributed by atoms with Crippen LogP contribution in [0.5, 0.6) is 0 Å². The lowest BCUT2D eigenvalue weighted by atomic mass is 10.1. The van der Waals surface area contributed by atoms with Crippen molar-refractivity contribution in [2.24, 2.45) is 0 Å². The second kappa shape index (κ2) is 7.03. The molecule has 1 aliphatic heterocycles. The van der Waals surface area contributed by atoms with Gasteiger partial charge in [0.2, 0.25) is 0 Å². The highest BCUT2D eigenvalue weighted by Gasteiger charge is 2.27. The Hall–Kier alpha value is -0.910. The average Bonchev–Trinajstić information content (AvgIpc) is 2.90. The molecule has 1 fully saturated rings. The van der Waals surface area contributed by atoms with Crippen LogP contribution < -0.4 is 0 Å². The van der Waals surface area contributed by atoms with Crippen molar-refractivity contribution < 1.29 is 19.0 Å². The summed E-state index contributed by atoms with van der Waals surface area (Å²) in [5, 5.41) is 3.95. The number of thiophene rings is 1. The molecule has 0 saturated carbocycles. The third-order valence-electron chi connectivity index (χ3n) is 3.10. The van der Waals surface area contributed by atoms with Gasteiger partial charge in [0.1, 0.15) is 0 Å². The summed E-state index contributed by atoms with van der Waals surface area (Å²) in [6.07, 6.45) is 2.34. The average molecular weight is 284 g/mol. The van der Waals surface area contributed by atoms with Crippen molar-refractivity contribution in [2.45, 2.75) is 51.6 Å². The maximum atomic E-state index is 11.2. The Morgan fingerprint density at radius 3 is 2.95 bits per heavy atom. The van der Waals surface area contributed by atoms with Crippen LogP contribution in [0.4, 0.5) is 0 Å². The summed E-state index contributed by atoms with van der Waals surface area (Å²) in [4.78, 5) is 11.2. The van der Waals surface area contributed by atoms with Gasteiger partial charge in [-0.15, -0.1) is 0 Å². The Kier molecular flexibility index (Phi) is 5.36. The van der Waals surface area contributed by atoms with Gasteiger partial charge in [-0.1, -0.05) is 0 Å². The van der Waals surface area contributed by atoms with E-state index in [2.05, 4.69) is 0 Å². The van der Waals surface area contributed by atoms with Crippen LogP contribution in [-0.4, -0.2) is 25.0 Å². The zero-order valence-corrected chi connectivity index (χ0v) is 12.2. The Bertz CT molecular complexity index is 384. The first-order valence-corrected chi connectivity index (χ1v) is 7.57. The summed E-state index contributed by atoms with van der Waals surface area (Å²) < 4.78 is 16.8. The molecule has 1 aromatic heterocycles. The van der Waals surface area contributed by atoms with E-state index in [4.69, 9.17) is 14.2 Å². The number of carbonyl (C=O) groups is 1. The molecule has 19 heavy (non-hydrogen) atoms. The van der Waals surface area contributed by atoms with Gasteiger partial charge in [0.05, 0.1) is 6.10 Å².